The van der Waals surface area contributed by atoms with Gasteiger partial charge in [-0.25, -0.2) is 0 Å². The zero-order valence-corrected chi connectivity index (χ0v) is 11.3. The van der Waals surface area contributed by atoms with Crippen molar-refractivity contribution >= 4 is 11.8 Å². The summed E-state index contributed by atoms with van der Waals surface area (Å²) in [4.78, 5) is 27.4. The first-order valence-electron chi connectivity index (χ1n) is 6.53. The second-order valence-corrected chi connectivity index (χ2v) is 4.93. The lowest BCUT2D eigenvalue weighted by Gasteiger charge is -2.20. The van der Waals surface area contributed by atoms with E-state index in [9.17, 15) is 9.59 Å². The minimum Gasteiger partial charge on any atom is -0.364 e. The molecule has 0 aliphatic carbocycles. The van der Waals surface area contributed by atoms with Crippen molar-refractivity contribution in [1.82, 2.24) is 15.0 Å². The van der Waals surface area contributed by atoms with E-state index in [1.807, 2.05) is 6.92 Å². The summed E-state index contributed by atoms with van der Waals surface area (Å²) in [6, 6.07) is 1.73. The van der Waals surface area contributed by atoms with E-state index in [1.165, 1.54) is 6.26 Å². The molecule has 104 valence electrons. The number of rotatable bonds is 5. The van der Waals surface area contributed by atoms with Crippen molar-refractivity contribution in [1.29, 1.82) is 0 Å². The summed E-state index contributed by atoms with van der Waals surface area (Å²) in [5.41, 5.74) is 0.714. The molecule has 2 rings (SSSR count). The Morgan fingerprint density at radius 1 is 1.63 bits per heavy atom. The summed E-state index contributed by atoms with van der Waals surface area (Å²) < 4.78 is 4.74. The van der Waals surface area contributed by atoms with E-state index >= 15 is 0 Å². The van der Waals surface area contributed by atoms with Crippen LogP contribution in [0.3, 0.4) is 0 Å². The third-order valence-electron chi connectivity index (χ3n) is 3.32. The first kappa shape index (κ1) is 13.6. The van der Waals surface area contributed by atoms with Gasteiger partial charge in [0.25, 0.3) is 0 Å². The Morgan fingerprint density at radius 3 is 3.05 bits per heavy atom. The molecule has 0 N–H and O–H groups in total. The SMILES string of the molecule is CCCN1CC(C(=O)N(C)Cc2ccon2)CC1=O. The summed E-state index contributed by atoms with van der Waals surface area (Å²) in [6.45, 7) is 3.71. The molecule has 2 heterocycles. The predicted octanol–water partition coefficient (Wildman–Crippen LogP) is 0.891. The van der Waals surface area contributed by atoms with Crippen LogP contribution in [-0.4, -0.2) is 46.9 Å². The molecule has 0 spiro atoms. The van der Waals surface area contributed by atoms with E-state index in [0.717, 1.165) is 13.0 Å². The first-order chi connectivity index (χ1) is 9.11. The van der Waals surface area contributed by atoms with Gasteiger partial charge in [0.05, 0.1) is 12.5 Å². The van der Waals surface area contributed by atoms with Crippen LogP contribution >= 0.6 is 0 Å². The lowest BCUT2D eigenvalue weighted by Crippen LogP contribution is -2.34. The Morgan fingerprint density at radius 2 is 2.42 bits per heavy atom. The summed E-state index contributed by atoms with van der Waals surface area (Å²) >= 11 is 0. The highest BCUT2D eigenvalue weighted by atomic mass is 16.5. The van der Waals surface area contributed by atoms with E-state index in [0.29, 0.717) is 25.2 Å². The number of carbonyl (C=O) groups is 2. The highest BCUT2D eigenvalue weighted by molar-refractivity contribution is 5.89. The Kier molecular flexibility index (Phi) is 4.19. The van der Waals surface area contributed by atoms with Gasteiger partial charge in [-0.1, -0.05) is 12.1 Å². The molecular weight excluding hydrogens is 246 g/mol. The van der Waals surface area contributed by atoms with Gasteiger partial charge in [0.1, 0.15) is 12.0 Å². The van der Waals surface area contributed by atoms with Crippen LogP contribution in [0.2, 0.25) is 0 Å². The van der Waals surface area contributed by atoms with E-state index < -0.39 is 0 Å². The Balaban J connectivity index is 1.91. The van der Waals surface area contributed by atoms with Crippen LogP contribution in [0.25, 0.3) is 0 Å². The number of nitrogens with zero attached hydrogens (tertiary/aromatic N) is 3. The second kappa shape index (κ2) is 5.86. The standard InChI is InChI=1S/C13H19N3O3/c1-3-5-16-8-10(7-12(16)17)13(18)15(2)9-11-4-6-19-14-11/h4,6,10H,3,5,7-9H2,1-2H3. The summed E-state index contributed by atoms with van der Waals surface area (Å²) in [7, 11) is 1.73. The monoisotopic (exact) mass is 265 g/mol. The van der Waals surface area contributed by atoms with E-state index in [1.54, 1.807) is 22.9 Å². The summed E-state index contributed by atoms with van der Waals surface area (Å²) in [5, 5.41) is 3.78. The number of carbonyl (C=O) groups excluding carboxylic acids is 2. The van der Waals surface area contributed by atoms with Crippen molar-refractivity contribution in [3.63, 3.8) is 0 Å². The smallest absolute Gasteiger partial charge is 0.228 e. The second-order valence-electron chi connectivity index (χ2n) is 4.93. The Bertz CT molecular complexity index is 444. The van der Waals surface area contributed by atoms with Crippen molar-refractivity contribution < 1.29 is 14.1 Å². The van der Waals surface area contributed by atoms with Crippen molar-refractivity contribution in [2.45, 2.75) is 26.3 Å². The van der Waals surface area contributed by atoms with Crippen LogP contribution in [0, 0.1) is 5.92 Å². The third kappa shape index (κ3) is 3.13. The van der Waals surface area contributed by atoms with E-state index in [2.05, 4.69) is 5.16 Å². The molecule has 0 bridgehead atoms. The molecule has 6 nitrogen and oxygen atoms in total. The molecule has 1 aliphatic heterocycles. The molecule has 0 aromatic carbocycles. The summed E-state index contributed by atoms with van der Waals surface area (Å²) in [6.07, 6.45) is 2.72. The minimum absolute atomic E-state index is 0.00467. The van der Waals surface area contributed by atoms with E-state index in [-0.39, 0.29) is 17.7 Å². The predicted molar refractivity (Wildman–Crippen MR) is 68.0 cm³/mol. The average Bonchev–Trinajstić information content (AvgIpc) is 3.00. The number of likely N-dealkylation sites (tertiary alicyclic amines) is 1. The zero-order chi connectivity index (χ0) is 13.8. The zero-order valence-electron chi connectivity index (χ0n) is 11.3. The maximum Gasteiger partial charge on any atom is 0.228 e. The van der Waals surface area contributed by atoms with Crippen molar-refractivity contribution in [3.8, 4) is 0 Å². The van der Waals surface area contributed by atoms with Gasteiger partial charge >= 0.3 is 0 Å². The lowest BCUT2D eigenvalue weighted by atomic mass is 10.1. The highest BCUT2D eigenvalue weighted by Crippen LogP contribution is 2.20. The molecule has 1 fully saturated rings. The summed E-state index contributed by atoms with van der Waals surface area (Å²) in [5.74, 6) is -0.152. The number of aromatic nitrogens is 1. The van der Waals surface area contributed by atoms with Gasteiger partial charge in [-0.15, -0.1) is 0 Å². The van der Waals surface area contributed by atoms with Crippen LogP contribution in [0.1, 0.15) is 25.5 Å². The van der Waals surface area contributed by atoms with E-state index in [4.69, 9.17) is 4.52 Å². The van der Waals surface area contributed by atoms with Gasteiger partial charge in [-0.2, -0.15) is 0 Å². The molecular formula is C13H19N3O3. The molecule has 1 aliphatic rings. The minimum atomic E-state index is -0.226. The van der Waals surface area contributed by atoms with Crippen LogP contribution in [0.15, 0.2) is 16.9 Å². The first-order valence-corrected chi connectivity index (χ1v) is 6.53. The van der Waals surface area contributed by atoms with Gasteiger partial charge in [-0.3, -0.25) is 9.59 Å². The van der Waals surface area contributed by atoms with Gasteiger partial charge < -0.3 is 14.3 Å². The quantitative estimate of drug-likeness (QED) is 0.793. The molecule has 0 radical (unpaired) electrons. The van der Waals surface area contributed by atoms with Crippen LogP contribution < -0.4 is 0 Å². The van der Waals surface area contributed by atoms with Gasteiger partial charge in [0.2, 0.25) is 11.8 Å². The molecule has 2 amide bonds. The molecule has 1 aromatic heterocycles. The average molecular weight is 265 g/mol. The molecule has 1 unspecified atom stereocenters. The lowest BCUT2D eigenvalue weighted by molar-refractivity contribution is -0.135. The van der Waals surface area contributed by atoms with Crippen LogP contribution in [-0.2, 0) is 16.1 Å². The fourth-order valence-electron chi connectivity index (χ4n) is 2.38. The third-order valence-corrected chi connectivity index (χ3v) is 3.32. The highest BCUT2D eigenvalue weighted by Gasteiger charge is 2.35. The van der Waals surface area contributed by atoms with Gasteiger partial charge in [-0.05, 0) is 6.42 Å². The molecule has 19 heavy (non-hydrogen) atoms. The Labute approximate surface area is 112 Å². The molecule has 1 aromatic rings. The molecule has 1 atom stereocenters. The van der Waals surface area contributed by atoms with Crippen LogP contribution in [0.4, 0.5) is 0 Å². The number of amides is 2. The molecule has 1 saturated heterocycles. The fraction of sp³-hybridized carbons (Fsp3) is 0.615. The number of hydrogen-bond donors (Lipinski definition) is 0. The Hall–Kier alpha value is -1.85. The molecule has 6 heteroatoms. The van der Waals surface area contributed by atoms with Gasteiger partial charge in [0.15, 0.2) is 0 Å². The van der Waals surface area contributed by atoms with Crippen molar-refractivity contribution in [2.75, 3.05) is 20.1 Å². The largest absolute Gasteiger partial charge is 0.364 e. The number of hydrogen-bond acceptors (Lipinski definition) is 4. The molecule has 0 saturated carbocycles. The van der Waals surface area contributed by atoms with Crippen molar-refractivity contribution in [3.05, 3.63) is 18.0 Å². The normalized spacial score (nSPS) is 18.9. The topological polar surface area (TPSA) is 66.7 Å². The maximum absolute atomic E-state index is 12.3. The van der Waals surface area contributed by atoms with Crippen LogP contribution in [0.5, 0.6) is 0 Å². The maximum atomic E-state index is 12.3. The van der Waals surface area contributed by atoms with Crippen molar-refractivity contribution in [2.24, 2.45) is 5.92 Å². The fourth-order valence-corrected chi connectivity index (χ4v) is 2.38. The van der Waals surface area contributed by atoms with Gasteiger partial charge in [0, 0.05) is 32.6 Å².